The van der Waals surface area contributed by atoms with E-state index in [0.29, 0.717) is 16.9 Å². The van der Waals surface area contributed by atoms with E-state index >= 15 is 0 Å². The van der Waals surface area contributed by atoms with E-state index in [1.807, 2.05) is 30.3 Å². The van der Waals surface area contributed by atoms with Gasteiger partial charge in [0.05, 0.1) is 27.4 Å². The highest BCUT2D eigenvalue weighted by atomic mass is 35.5. The summed E-state index contributed by atoms with van der Waals surface area (Å²) < 4.78 is 10.8. The number of hydrogen-bond donors (Lipinski definition) is 0. The molecular formula is C35H27Cl2NO7. The summed E-state index contributed by atoms with van der Waals surface area (Å²) in [6, 6.07) is 18.1. The molecule has 0 radical (unpaired) electrons. The number of allylic oxidation sites excluding steroid dienone is 2. The number of carbonyl (C=O) groups excluding carboxylic acids is 5. The summed E-state index contributed by atoms with van der Waals surface area (Å²) in [6.07, 6.45) is 5.28. The summed E-state index contributed by atoms with van der Waals surface area (Å²) in [7, 11) is 0. The SMILES string of the molecule is O=C(COC(=O)C(Cc1ccccc1)N1C(=O)C2C3C=CC(C4CC34)C2C1=O)c1ccc(OC(=O)c2ccc(Cl)c(Cl)c2)cc1. The van der Waals surface area contributed by atoms with Crippen molar-refractivity contribution >= 4 is 52.7 Å². The molecule has 1 heterocycles. The first kappa shape index (κ1) is 29.4. The molecule has 0 aromatic heterocycles. The third-order valence-electron chi connectivity index (χ3n) is 9.44. The van der Waals surface area contributed by atoms with Crippen molar-refractivity contribution in [1.29, 1.82) is 0 Å². The Morgan fingerprint density at radius 2 is 1.42 bits per heavy atom. The minimum atomic E-state index is -1.19. The van der Waals surface area contributed by atoms with Crippen LogP contribution in [-0.2, 0) is 25.5 Å². The second kappa shape index (κ2) is 11.6. The number of Topliss-reactive ketones (excluding diaryl/α,β-unsaturated/α-hetero) is 1. The third kappa shape index (κ3) is 5.36. The van der Waals surface area contributed by atoms with Crippen LogP contribution >= 0.6 is 23.2 Å². The molecule has 8 rings (SSSR count). The van der Waals surface area contributed by atoms with E-state index < -0.39 is 42.2 Å². The second-order valence-corrected chi connectivity index (χ2v) is 12.8. The number of ether oxygens (including phenoxy) is 2. The van der Waals surface area contributed by atoms with Crippen LogP contribution in [0.3, 0.4) is 0 Å². The van der Waals surface area contributed by atoms with Crippen LogP contribution in [0.1, 0.15) is 32.7 Å². The van der Waals surface area contributed by atoms with Crippen LogP contribution in [0.2, 0.25) is 10.0 Å². The molecular weight excluding hydrogens is 617 g/mol. The molecule has 0 N–H and O–H groups in total. The van der Waals surface area contributed by atoms with Gasteiger partial charge in [-0.15, -0.1) is 0 Å². The Balaban J connectivity index is 1.03. The zero-order valence-corrected chi connectivity index (χ0v) is 25.3. The van der Waals surface area contributed by atoms with E-state index in [9.17, 15) is 24.0 Å². The van der Waals surface area contributed by atoms with Gasteiger partial charge >= 0.3 is 11.9 Å². The number of amides is 2. The predicted octanol–water partition coefficient (Wildman–Crippen LogP) is 5.60. The number of ketones is 1. The number of hydrogen-bond acceptors (Lipinski definition) is 7. The molecule has 2 saturated carbocycles. The first-order valence-corrected chi connectivity index (χ1v) is 15.5. The summed E-state index contributed by atoms with van der Waals surface area (Å²) in [5.41, 5.74) is 1.19. The van der Waals surface area contributed by atoms with E-state index in [0.717, 1.165) is 16.9 Å². The van der Waals surface area contributed by atoms with E-state index in [-0.39, 0.29) is 52.0 Å². The van der Waals surface area contributed by atoms with Gasteiger partial charge in [0.25, 0.3) is 0 Å². The predicted molar refractivity (Wildman–Crippen MR) is 164 cm³/mol. The molecule has 2 bridgehead atoms. The van der Waals surface area contributed by atoms with Crippen molar-refractivity contribution in [2.45, 2.75) is 18.9 Å². The minimum Gasteiger partial charge on any atom is -0.456 e. The molecule has 7 atom stereocenters. The first-order chi connectivity index (χ1) is 21.7. The van der Waals surface area contributed by atoms with Gasteiger partial charge in [-0.25, -0.2) is 9.59 Å². The van der Waals surface area contributed by atoms with Crippen molar-refractivity contribution in [2.24, 2.45) is 35.5 Å². The molecule has 7 unspecified atom stereocenters. The number of imide groups is 1. The summed E-state index contributed by atoms with van der Waals surface area (Å²) in [5.74, 6) is -2.43. The molecule has 4 aliphatic carbocycles. The Hall–Kier alpha value is -4.27. The largest absolute Gasteiger partial charge is 0.456 e. The van der Waals surface area contributed by atoms with Crippen molar-refractivity contribution in [3.63, 3.8) is 0 Å². The standard InChI is InChI=1S/C35H27Cl2NO7/c36-26-13-8-20(15-27(26)37)34(42)45-21-9-6-19(7-10-21)29(39)17-44-35(43)28(14-18-4-2-1-3-5-18)38-32(40)30-22-11-12-23(25-16-24(22)25)31(30)33(38)41/h1-13,15,22-25,28,30-31H,14,16-17H2. The number of halogens is 2. The Bertz CT molecular complexity index is 1720. The van der Waals surface area contributed by atoms with Crippen LogP contribution in [0.15, 0.2) is 84.9 Å². The molecule has 228 valence electrons. The van der Waals surface area contributed by atoms with Crippen molar-refractivity contribution < 1.29 is 33.4 Å². The smallest absolute Gasteiger partial charge is 0.343 e. The van der Waals surface area contributed by atoms with Crippen LogP contribution < -0.4 is 4.74 Å². The molecule has 2 amide bonds. The van der Waals surface area contributed by atoms with Gasteiger partial charge in [-0.1, -0.05) is 65.7 Å². The fraction of sp³-hybridized carbons (Fsp3) is 0.286. The van der Waals surface area contributed by atoms with Crippen molar-refractivity contribution in [1.82, 2.24) is 4.90 Å². The van der Waals surface area contributed by atoms with E-state index in [2.05, 4.69) is 12.2 Å². The number of benzene rings is 3. The van der Waals surface area contributed by atoms with Crippen LogP contribution in [-0.4, -0.2) is 47.1 Å². The Morgan fingerprint density at radius 1 is 0.800 bits per heavy atom. The van der Waals surface area contributed by atoms with Gasteiger partial charge < -0.3 is 9.47 Å². The molecule has 5 aliphatic rings. The lowest BCUT2D eigenvalue weighted by Crippen LogP contribution is -2.48. The van der Waals surface area contributed by atoms with Crippen molar-refractivity contribution in [3.8, 4) is 5.75 Å². The fourth-order valence-corrected chi connectivity index (χ4v) is 7.52. The lowest BCUT2D eigenvalue weighted by molar-refractivity contribution is -0.158. The molecule has 0 spiro atoms. The average Bonchev–Trinajstić information content (AvgIpc) is 3.83. The molecule has 1 aliphatic heterocycles. The average molecular weight is 645 g/mol. The van der Waals surface area contributed by atoms with Crippen LogP contribution in [0.4, 0.5) is 0 Å². The van der Waals surface area contributed by atoms with Crippen LogP contribution in [0.25, 0.3) is 0 Å². The maximum atomic E-state index is 13.8. The fourth-order valence-electron chi connectivity index (χ4n) is 7.22. The number of rotatable bonds is 9. The normalized spacial score (nSPS) is 26.2. The maximum absolute atomic E-state index is 13.8. The number of likely N-dealkylation sites (tertiary alicyclic amines) is 1. The van der Waals surface area contributed by atoms with Gasteiger partial charge in [-0.05, 0) is 78.1 Å². The van der Waals surface area contributed by atoms with E-state index in [1.165, 1.54) is 42.5 Å². The number of nitrogens with zero attached hydrogens (tertiary/aromatic N) is 1. The summed E-state index contributed by atoms with van der Waals surface area (Å²) in [5, 5.41) is 0.519. The van der Waals surface area contributed by atoms with Gasteiger partial charge in [0, 0.05) is 12.0 Å². The minimum absolute atomic E-state index is 0.0210. The molecule has 3 aromatic carbocycles. The highest BCUT2D eigenvalue weighted by Gasteiger charge is 2.68. The Kier molecular flexibility index (Phi) is 7.58. The van der Waals surface area contributed by atoms with Gasteiger partial charge in [0.1, 0.15) is 11.8 Å². The Labute approximate surface area is 268 Å². The molecule has 8 nitrogen and oxygen atoms in total. The monoisotopic (exact) mass is 643 g/mol. The number of carbonyl (C=O) groups is 5. The lowest BCUT2D eigenvalue weighted by atomic mass is 9.63. The molecule has 3 fully saturated rings. The zero-order valence-electron chi connectivity index (χ0n) is 23.8. The molecule has 10 heteroatoms. The molecule has 3 aromatic rings. The third-order valence-corrected chi connectivity index (χ3v) is 10.2. The van der Waals surface area contributed by atoms with Gasteiger partial charge in [0.15, 0.2) is 12.4 Å². The highest BCUT2D eigenvalue weighted by molar-refractivity contribution is 6.42. The van der Waals surface area contributed by atoms with E-state index in [4.69, 9.17) is 32.7 Å². The van der Waals surface area contributed by atoms with E-state index in [1.54, 1.807) is 0 Å². The van der Waals surface area contributed by atoms with Gasteiger partial charge in [0.2, 0.25) is 11.8 Å². The lowest BCUT2D eigenvalue weighted by Gasteiger charge is -2.37. The summed E-state index contributed by atoms with van der Waals surface area (Å²) >= 11 is 11.9. The molecule has 1 saturated heterocycles. The zero-order chi connectivity index (χ0) is 31.4. The highest BCUT2D eigenvalue weighted by Crippen LogP contribution is 2.65. The van der Waals surface area contributed by atoms with Crippen molar-refractivity contribution in [3.05, 3.63) is 112 Å². The Morgan fingerprint density at radius 3 is 2.04 bits per heavy atom. The quantitative estimate of drug-likeness (QED) is 0.0982. The van der Waals surface area contributed by atoms with Crippen LogP contribution in [0.5, 0.6) is 5.75 Å². The van der Waals surface area contributed by atoms with Crippen molar-refractivity contribution in [2.75, 3.05) is 6.61 Å². The van der Waals surface area contributed by atoms with Gasteiger partial charge in [-0.3, -0.25) is 19.3 Å². The summed E-state index contributed by atoms with van der Waals surface area (Å²) in [4.78, 5) is 67.7. The van der Waals surface area contributed by atoms with Crippen LogP contribution in [0, 0.1) is 35.5 Å². The second-order valence-electron chi connectivity index (χ2n) is 12.0. The van der Waals surface area contributed by atoms with Gasteiger partial charge in [-0.2, -0.15) is 0 Å². The first-order valence-electron chi connectivity index (χ1n) is 14.8. The summed E-state index contributed by atoms with van der Waals surface area (Å²) in [6.45, 7) is -0.591. The number of esters is 2. The molecule has 45 heavy (non-hydrogen) atoms. The topological polar surface area (TPSA) is 107 Å². The maximum Gasteiger partial charge on any atom is 0.343 e.